The molecular weight excluding hydrogens is 462 g/mol. The number of ketones is 1. The number of nitriles is 1. The smallest absolute Gasteiger partial charge is 0.254 e. The lowest BCUT2D eigenvalue weighted by molar-refractivity contribution is -0.122. The van der Waals surface area contributed by atoms with Crippen LogP contribution in [0.5, 0.6) is 0 Å². The van der Waals surface area contributed by atoms with E-state index in [0.29, 0.717) is 30.8 Å². The zero-order chi connectivity index (χ0) is 23.6. The van der Waals surface area contributed by atoms with Gasteiger partial charge in [0.1, 0.15) is 0 Å². The van der Waals surface area contributed by atoms with E-state index in [1.54, 1.807) is 23.1 Å². The van der Waals surface area contributed by atoms with Crippen molar-refractivity contribution >= 4 is 33.3 Å². The molecule has 2 heterocycles. The van der Waals surface area contributed by atoms with E-state index in [1.165, 1.54) is 22.5 Å². The van der Waals surface area contributed by atoms with Gasteiger partial charge in [0.15, 0.2) is 5.78 Å². The maximum absolute atomic E-state index is 13.2. The molecule has 2 aromatic rings. The fraction of sp³-hybridized carbons (Fsp3) is 0.375. The average Bonchev–Trinajstić information content (AvgIpc) is 3.27. The second-order valence-corrected chi connectivity index (χ2v) is 10.8. The second-order valence-electron chi connectivity index (χ2n) is 8.43. The van der Waals surface area contributed by atoms with Gasteiger partial charge in [-0.3, -0.25) is 9.59 Å². The highest BCUT2D eigenvalue weighted by Gasteiger charge is 2.38. The fourth-order valence-corrected chi connectivity index (χ4v) is 5.95. The molecule has 0 spiro atoms. The maximum Gasteiger partial charge on any atom is 0.254 e. The van der Waals surface area contributed by atoms with Crippen LogP contribution < -0.4 is 0 Å². The molecule has 2 aliphatic rings. The van der Waals surface area contributed by atoms with Crippen LogP contribution in [0.25, 0.3) is 0 Å². The molecule has 33 heavy (non-hydrogen) atoms. The number of carbonyl (C=O) groups excluding carboxylic acids is 2. The highest BCUT2D eigenvalue weighted by atomic mass is 35.5. The van der Waals surface area contributed by atoms with Crippen LogP contribution >= 0.6 is 11.6 Å². The normalized spacial score (nSPS) is 19.2. The van der Waals surface area contributed by atoms with E-state index in [1.807, 2.05) is 12.1 Å². The topological polar surface area (TPSA) is 98.6 Å². The van der Waals surface area contributed by atoms with Crippen LogP contribution in [0.2, 0.25) is 5.02 Å². The lowest BCUT2D eigenvalue weighted by Crippen LogP contribution is -2.49. The van der Waals surface area contributed by atoms with Crippen molar-refractivity contribution in [2.75, 3.05) is 19.6 Å². The van der Waals surface area contributed by atoms with Gasteiger partial charge in [0.2, 0.25) is 10.0 Å². The molecule has 172 valence electrons. The summed E-state index contributed by atoms with van der Waals surface area (Å²) < 4.78 is 26.9. The molecule has 0 N–H and O–H groups in total. The molecule has 2 saturated heterocycles. The summed E-state index contributed by atoms with van der Waals surface area (Å²) in [5.74, 6) is -0.635. The molecular formula is C24H24ClN3O4S. The van der Waals surface area contributed by atoms with Crippen LogP contribution in [0.4, 0.5) is 0 Å². The van der Waals surface area contributed by atoms with Gasteiger partial charge in [0, 0.05) is 36.6 Å². The summed E-state index contributed by atoms with van der Waals surface area (Å²) in [6, 6.07) is 14.8. The van der Waals surface area contributed by atoms with Crippen LogP contribution in [0, 0.1) is 17.2 Å². The number of hydrogen-bond donors (Lipinski definition) is 0. The number of carbonyl (C=O) groups is 2. The third-order valence-corrected chi connectivity index (χ3v) is 8.29. The summed E-state index contributed by atoms with van der Waals surface area (Å²) in [7, 11) is -3.76. The van der Waals surface area contributed by atoms with Gasteiger partial charge in [-0.05, 0) is 55.2 Å². The van der Waals surface area contributed by atoms with E-state index in [9.17, 15) is 18.0 Å². The number of sulfonamides is 1. The Bertz CT molecular complexity index is 1200. The summed E-state index contributed by atoms with van der Waals surface area (Å²) in [6.45, 7) is 0.782. The molecule has 0 bridgehead atoms. The number of likely N-dealkylation sites (tertiary alicyclic amines) is 1. The van der Waals surface area contributed by atoms with Crippen LogP contribution in [0.15, 0.2) is 53.4 Å². The number of amides is 1. The first-order valence-electron chi connectivity index (χ1n) is 10.9. The van der Waals surface area contributed by atoms with Crippen LogP contribution in [-0.2, 0) is 21.2 Å². The molecule has 0 radical (unpaired) electrons. The number of aryl methyl sites for hydroxylation is 1. The summed E-state index contributed by atoms with van der Waals surface area (Å²) in [4.78, 5) is 27.7. The Kier molecular flexibility index (Phi) is 6.84. The minimum atomic E-state index is -3.76. The van der Waals surface area contributed by atoms with Crippen molar-refractivity contribution in [3.63, 3.8) is 0 Å². The highest BCUT2D eigenvalue weighted by Crippen LogP contribution is 2.27. The lowest BCUT2D eigenvalue weighted by atomic mass is 10.0. The number of Topliss-reactive ketones (excluding diaryl/α,β-unsaturated/α-hetero) is 1. The third-order valence-electron chi connectivity index (χ3n) is 6.21. The Balaban J connectivity index is 1.44. The second kappa shape index (κ2) is 9.64. The van der Waals surface area contributed by atoms with Gasteiger partial charge in [0.05, 0.1) is 22.9 Å². The third kappa shape index (κ3) is 4.96. The van der Waals surface area contributed by atoms with Gasteiger partial charge in [-0.1, -0.05) is 29.8 Å². The van der Waals surface area contributed by atoms with Crippen molar-refractivity contribution < 1.29 is 18.0 Å². The molecule has 2 fully saturated rings. The van der Waals surface area contributed by atoms with Crippen molar-refractivity contribution in [2.45, 2.75) is 36.6 Å². The zero-order valence-electron chi connectivity index (χ0n) is 18.0. The number of rotatable bonds is 7. The largest absolute Gasteiger partial charge is 0.329 e. The summed E-state index contributed by atoms with van der Waals surface area (Å²) in [5.41, 5.74) is 1.25. The van der Waals surface area contributed by atoms with Gasteiger partial charge < -0.3 is 4.90 Å². The van der Waals surface area contributed by atoms with E-state index in [0.717, 1.165) is 12.0 Å². The van der Waals surface area contributed by atoms with Crippen LogP contribution in [0.3, 0.4) is 0 Å². The Morgan fingerprint density at radius 3 is 2.55 bits per heavy atom. The van der Waals surface area contributed by atoms with Crippen LogP contribution in [0.1, 0.15) is 35.2 Å². The standard InChI is InChI=1S/C24H24ClN3O4S/c25-20-9-6-17(7-10-20)8-11-23(29)22-5-2-12-28(22)24(30)19-3-1-4-21(13-19)33(31,32)27-15-18(14-26)16-27/h1,3-4,6-7,9-10,13,18,22H,2,5,8,11-12,15-16H2/t22-/m1/s1. The first-order valence-corrected chi connectivity index (χ1v) is 12.7. The van der Waals surface area contributed by atoms with Crippen molar-refractivity contribution in [3.8, 4) is 6.07 Å². The molecule has 1 atom stereocenters. The van der Waals surface area contributed by atoms with E-state index in [2.05, 4.69) is 6.07 Å². The monoisotopic (exact) mass is 485 g/mol. The van der Waals surface area contributed by atoms with Crippen LogP contribution in [-0.4, -0.2) is 55.0 Å². The highest BCUT2D eigenvalue weighted by molar-refractivity contribution is 7.89. The van der Waals surface area contributed by atoms with Crippen molar-refractivity contribution in [1.82, 2.24) is 9.21 Å². The molecule has 0 aromatic heterocycles. The zero-order valence-corrected chi connectivity index (χ0v) is 19.6. The van der Waals surface area contributed by atoms with Gasteiger partial charge >= 0.3 is 0 Å². The lowest BCUT2D eigenvalue weighted by Gasteiger charge is -2.34. The van der Waals surface area contributed by atoms with Gasteiger partial charge in [-0.15, -0.1) is 0 Å². The SMILES string of the molecule is N#CC1CN(S(=O)(=O)c2cccc(C(=O)N3CCC[C@@H]3C(=O)CCc3ccc(Cl)cc3)c2)C1. The minimum absolute atomic E-state index is 0.00250. The van der Waals surface area contributed by atoms with Crippen molar-refractivity contribution in [1.29, 1.82) is 5.26 Å². The number of halogens is 1. The quantitative estimate of drug-likeness (QED) is 0.599. The molecule has 2 aromatic carbocycles. The van der Waals surface area contributed by atoms with E-state index in [4.69, 9.17) is 16.9 Å². The molecule has 4 rings (SSSR count). The summed E-state index contributed by atoms with van der Waals surface area (Å²) >= 11 is 5.91. The molecule has 9 heteroatoms. The fourth-order valence-electron chi connectivity index (χ4n) is 4.25. The molecule has 1 amide bonds. The molecule has 2 aliphatic heterocycles. The van der Waals surface area contributed by atoms with Crippen molar-refractivity contribution in [2.24, 2.45) is 5.92 Å². The Hall–Kier alpha value is -2.73. The van der Waals surface area contributed by atoms with E-state index < -0.39 is 16.1 Å². The van der Waals surface area contributed by atoms with Gasteiger partial charge in [0.25, 0.3) is 5.91 Å². The van der Waals surface area contributed by atoms with Gasteiger partial charge in [-0.2, -0.15) is 9.57 Å². The first kappa shape index (κ1) is 23.4. The predicted octanol–water partition coefficient (Wildman–Crippen LogP) is 3.29. The average molecular weight is 486 g/mol. The molecule has 0 saturated carbocycles. The molecule has 7 nitrogen and oxygen atoms in total. The number of nitrogens with zero attached hydrogens (tertiary/aromatic N) is 3. The van der Waals surface area contributed by atoms with E-state index >= 15 is 0 Å². The number of hydrogen-bond acceptors (Lipinski definition) is 5. The Morgan fingerprint density at radius 1 is 1.12 bits per heavy atom. The van der Waals surface area contributed by atoms with Crippen molar-refractivity contribution in [3.05, 3.63) is 64.7 Å². The predicted molar refractivity (Wildman–Crippen MR) is 123 cm³/mol. The van der Waals surface area contributed by atoms with E-state index in [-0.39, 0.29) is 41.2 Å². The Morgan fingerprint density at radius 2 is 1.85 bits per heavy atom. The Labute approximate surface area is 198 Å². The summed E-state index contributed by atoms with van der Waals surface area (Å²) in [6.07, 6.45) is 2.22. The summed E-state index contributed by atoms with van der Waals surface area (Å²) in [5, 5.41) is 9.55. The minimum Gasteiger partial charge on any atom is -0.329 e. The molecule has 0 unspecified atom stereocenters. The first-order chi connectivity index (χ1) is 15.8. The molecule has 0 aliphatic carbocycles. The maximum atomic E-state index is 13.2. The van der Waals surface area contributed by atoms with Gasteiger partial charge in [-0.25, -0.2) is 8.42 Å². The number of benzene rings is 2.